The lowest BCUT2D eigenvalue weighted by molar-refractivity contribution is 0.0579. The molecule has 6 nitrogen and oxygen atoms in total. The molecule has 1 aromatic rings. The molecule has 0 fully saturated rings. The number of aromatic nitrogens is 2. The Balaban J connectivity index is 3.11. The summed E-state index contributed by atoms with van der Waals surface area (Å²) in [5.41, 5.74) is 0.357. The minimum Gasteiger partial charge on any atom is -0.464 e. The number of methoxy groups -OCH3 is 2. The quantitative estimate of drug-likeness (QED) is 0.737. The van der Waals surface area contributed by atoms with E-state index in [9.17, 15) is 9.59 Å². The predicted octanol–water partition coefficient (Wildman–Crippen LogP) is 1.11. The number of hydrogen-bond donors (Lipinski definition) is 0. The molecule has 0 spiro atoms. The first kappa shape index (κ1) is 13.2. The molecule has 0 unspecified atom stereocenters. The molecular formula is C11H16N2O4. The molecule has 1 aromatic heterocycles. The second kappa shape index (κ2) is 5.47. The van der Waals surface area contributed by atoms with E-state index in [1.165, 1.54) is 25.0 Å². The molecule has 1 rings (SSSR count). The van der Waals surface area contributed by atoms with Crippen LogP contribution < -0.4 is 0 Å². The first-order valence-electron chi connectivity index (χ1n) is 5.24. The van der Waals surface area contributed by atoms with Crippen molar-refractivity contribution >= 4 is 11.9 Å². The highest BCUT2D eigenvalue weighted by Gasteiger charge is 2.20. The number of rotatable bonds is 4. The molecule has 6 heteroatoms. The van der Waals surface area contributed by atoms with Crippen molar-refractivity contribution in [2.45, 2.75) is 20.4 Å². The molecular weight excluding hydrogens is 224 g/mol. The van der Waals surface area contributed by atoms with Crippen molar-refractivity contribution in [1.82, 2.24) is 9.78 Å². The van der Waals surface area contributed by atoms with E-state index in [4.69, 9.17) is 0 Å². The maximum Gasteiger partial charge on any atom is 0.358 e. The highest BCUT2D eigenvalue weighted by molar-refractivity contribution is 5.93. The van der Waals surface area contributed by atoms with Gasteiger partial charge >= 0.3 is 11.9 Å². The standard InChI is InChI=1S/C11H16N2O4/c1-7(2)6-13-9(11(15)17-4)5-8(12-13)10(14)16-3/h5,7H,6H2,1-4H3. The van der Waals surface area contributed by atoms with Crippen molar-refractivity contribution in [3.05, 3.63) is 17.5 Å². The molecule has 17 heavy (non-hydrogen) atoms. The van der Waals surface area contributed by atoms with Crippen LogP contribution in [0.3, 0.4) is 0 Å². The molecule has 0 aliphatic rings. The largest absolute Gasteiger partial charge is 0.464 e. The first-order chi connectivity index (χ1) is 7.99. The molecule has 0 aliphatic carbocycles. The van der Waals surface area contributed by atoms with Crippen LogP contribution in [-0.2, 0) is 16.0 Å². The summed E-state index contributed by atoms with van der Waals surface area (Å²) in [5, 5.41) is 4.03. The molecule has 1 heterocycles. The third-order valence-corrected chi connectivity index (χ3v) is 2.11. The lowest BCUT2D eigenvalue weighted by Gasteiger charge is -2.07. The van der Waals surface area contributed by atoms with E-state index in [0.29, 0.717) is 12.5 Å². The Morgan fingerprint density at radius 3 is 2.35 bits per heavy atom. The summed E-state index contributed by atoms with van der Waals surface area (Å²) in [4.78, 5) is 22.8. The van der Waals surface area contributed by atoms with Gasteiger partial charge in [0.05, 0.1) is 14.2 Å². The van der Waals surface area contributed by atoms with E-state index in [0.717, 1.165) is 0 Å². The molecule has 0 amide bonds. The van der Waals surface area contributed by atoms with Gasteiger partial charge in [-0.1, -0.05) is 13.8 Å². The smallest absolute Gasteiger partial charge is 0.358 e. The summed E-state index contributed by atoms with van der Waals surface area (Å²) in [6.45, 7) is 4.50. The fourth-order valence-electron chi connectivity index (χ4n) is 1.38. The van der Waals surface area contributed by atoms with Gasteiger partial charge in [-0.3, -0.25) is 4.68 Å². The van der Waals surface area contributed by atoms with Crippen molar-refractivity contribution in [2.24, 2.45) is 5.92 Å². The van der Waals surface area contributed by atoms with Gasteiger partial charge in [0, 0.05) is 12.6 Å². The van der Waals surface area contributed by atoms with E-state index in [1.54, 1.807) is 0 Å². The number of hydrogen-bond acceptors (Lipinski definition) is 5. The van der Waals surface area contributed by atoms with Gasteiger partial charge < -0.3 is 9.47 Å². The van der Waals surface area contributed by atoms with Crippen LogP contribution in [0.4, 0.5) is 0 Å². The minimum absolute atomic E-state index is 0.105. The molecule has 0 saturated heterocycles. The Morgan fingerprint density at radius 2 is 1.88 bits per heavy atom. The van der Waals surface area contributed by atoms with Crippen molar-refractivity contribution in [1.29, 1.82) is 0 Å². The number of carbonyl (C=O) groups excluding carboxylic acids is 2. The predicted molar refractivity (Wildman–Crippen MR) is 59.7 cm³/mol. The Hall–Kier alpha value is -1.85. The van der Waals surface area contributed by atoms with Crippen LogP contribution in [0.25, 0.3) is 0 Å². The van der Waals surface area contributed by atoms with Crippen molar-refractivity contribution in [2.75, 3.05) is 14.2 Å². The SMILES string of the molecule is COC(=O)c1cc(C(=O)OC)n(CC(C)C)n1. The first-order valence-corrected chi connectivity index (χ1v) is 5.24. The van der Waals surface area contributed by atoms with Crippen LogP contribution in [0, 0.1) is 5.92 Å². The Kier molecular flexibility index (Phi) is 4.25. The van der Waals surface area contributed by atoms with Gasteiger partial charge in [0.15, 0.2) is 5.69 Å². The summed E-state index contributed by atoms with van der Waals surface area (Å²) in [7, 11) is 2.55. The van der Waals surface area contributed by atoms with E-state index in [2.05, 4.69) is 14.6 Å². The third-order valence-electron chi connectivity index (χ3n) is 2.11. The van der Waals surface area contributed by atoms with Crippen LogP contribution in [0.5, 0.6) is 0 Å². The van der Waals surface area contributed by atoms with Crippen molar-refractivity contribution in [3.63, 3.8) is 0 Å². The van der Waals surface area contributed by atoms with Gasteiger partial charge in [-0.05, 0) is 5.92 Å². The van der Waals surface area contributed by atoms with Crippen LogP contribution in [0.15, 0.2) is 6.07 Å². The second-order valence-electron chi connectivity index (χ2n) is 3.97. The summed E-state index contributed by atoms with van der Waals surface area (Å²) >= 11 is 0. The second-order valence-corrected chi connectivity index (χ2v) is 3.97. The summed E-state index contributed by atoms with van der Waals surface area (Å²) in [5.74, 6) is -0.797. The fraction of sp³-hybridized carbons (Fsp3) is 0.545. The fourth-order valence-corrected chi connectivity index (χ4v) is 1.38. The zero-order valence-corrected chi connectivity index (χ0v) is 10.4. The maximum atomic E-state index is 11.5. The van der Waals surface area contributed by atoms with E-state index in [-0.39, 0.29) is 11.4 Å². The monoisotopic (exact) mass is 240 g/mol. The number of nitrogens with zero attached hydrogens (tertiary/aromatic N) is 2. The third kappa shape index (κ3) is 3.05. The van der Waals surface area contributed by atoms with Gasteiger partial charge in [-0.2, -0.15) is 5.10 Å². The van der Waals surface area contributed by atoms with Gasteiger partial charge in [0.2, 0.25) is 0 Å². The Labute approximate surface area is 99.5 Å². The molecule has 0 aromatic carbocycles. The van der Waals surface area contributed by atoms with Crippen LogP contribution >= 0.6 is 0 Å². The zero-order valence-electron chi connectivity index (χ0n) is 10.4. The number of carbonyl (C=O) groups is 2. The van der Waals surface area contributed by atoms with Gasteiger partial charge in [0.25, 0.3) is 0 Å². The van der Waals surface area contributed by atoms with Crippen LogP contribution in [0.1, 0.15) is 34.8 Å². The normalized spacial score (nSPS) is 10.4. The average Bonchev–Trinajstić information content (AvgIpc) is 2.70. The van der Waals surface area contributed by atoms with Crippen molar-refractivity contribution < 1.29 is 19.1 Å². The van der Waals surface area contributed by atoms with E-state index in [1.807, 2.05) is 13.8 Å². The lowest BCUT2D eigenvalue weighted by Crippen LogP contribution is -2.15. The molecule has 0 aliphatic heterocycles. The Bertz CT molecular complexity index is 423. The summed E-state index contributed by atoms with van der Waals surface area (Å²) < 4.78 is 10.7. The van der Waals surface area contributed by atoms with Crippen LogP contribution in [-0.4, -0.2) is 35.9 Å². The van der Waals surface area contributed by atoms with E-state index >= 15 is 0 Å². The van der Waals surface area contributed by atoms with E-state index < -0.39 is 11.9 Å². The Morgan fingerprint density at radius 1 is 1.29 bits per heavy atom. The van der Waals surface area contributed by atoms with Gasteiger partial charge in [-0.15, -0.1) is 0 Å². The van der Waals surface area contributed by atoms with Gasteiger partial charge in [-0.25, -0.2) is 9.59 Å². The molecule has 94 valence electrons. The number of esters is 2. The summed E-state index contributed by atoms with van der Waals surface area (Å²) in [6.07, 6.45) is 0. The van der Waals surface area contributed by atoms with Gasteiger partial charge in [0.1, 0.15) is 5.69 Å². The molecule has 0 radical (unpaired) electrons. The lowest BCUT2D eigenvalue weighted by atomic mass is 10.2. The summed E-state index contributed by atoms with van der Waals surface area (Å²) in [6, 6.07) is 1.38. The highest BCUT2D eigenvalue weighted by Crippen LogP contribution is 2.10. The molecule has 0 saturated carbocycles. The van der Waals surface area contributed by atoms with Crippen LogP contribution in [0.2, 0.25) is 0 Å². The molecule has 0 N–H and O–H groups in total. The molecule has 0 atom stereocenters. The number of ether oxygens (including phenoxy) is 2. The minimum atomic E-state index is -0.572. The van der Waals surface area contributed by atoms with Crippen molar-refractivity contribution in [3.8, 4) is 0 Å². The topological polar surface area (TPSA) is 70.4 Å². The maximum absolute atomic E-state index is 11.5. The highest BCUT2D eigenvalue weighted by atomic mass is 16.5. The molecule has 0 bridgehead atoms. The zero-order chi connectivity index (χ0) is 13.0. The average molecular weight is 240 g/mol.